The highest BCUT2D eigenvalue weighted by molar-refractivity contribution is 7.91. The Morgan fingerprint density at radius 1 is 0.860 bits per heavy atom. The summed E-state index contributed by atoms with van der Waals surface area (Å²) < 4.78 is 138. The van der Waals surface area contributed by atoms with E-state index in [9.17, 15) is 47.2 Å². The van der Waals surface area contributed by atoms with Gasteiger partial charge in [0.1, 0.15) is 4.90 Å². The number of hydrogen-bond acceptors (Lipinski definition) is 15. The number of rotatable bonds is 14. The molecule has 0 aliphatic rings. The summed E-state index contributed by atoms with van der Waals surface area (Å²) in [4.78, 5) is 11.2. The van der Waals surface area contributed by atoms with E-state index in [4.69, 9.17) is 10.3 Å². The molecule has 18 nitrogen and oxygen atoms in total. The van der Waals surface area contributed by atoms with Gasteiger partial charge in [0, 0.05) is 17.9 Å². The first-order valence-corrected chi connectivity index (χ1v) is 17.5. The number of nitrogens with one attached hydrogen (secondary N) is 1. The highest BCUT2D eigenvalue weighted by atomic mass is 32.3. The number of nitrogens with zero attached hydrogens (tertiary/aromatic N) is 4. The van der Waals surface area contributed by atoms with Gasteiger partial charge in [0.05, 0.1) is 28.7 Å². The first-order valence-electron chi connectivity index (χ1n) is 11.5. The summed E-state index contributed by atoms with van der Waals surface area (Å²) >= 11 is 0. The van der Waals surface area contributed by atoms with Crippen molar-refractivity contribution >= 4 is 69.4 Å². The largest absolute Gasteiger partial charge is 0.398 e. The molecule has 0 spiro atoms. The van der Waals surface area contributed by atoms with Crippen LogP contribution < -0.4 is 16.0 Å². The van der Waals surface area contributed by atoms with Crippen LogP contribution in [0.25, 0.3) is 0 Å². The van der Waals surface area contributed by atoms with Gasteiger partial charge in [-0.05, 0) is 48.9 Å². The predicted octanol–water partition coefficient (Wildman–Crippen LogP) is 0.592. The molecule has 1 aromatic heterocycles. The van der Waals surface area contributed by atoms with Crippen molar-refractivity contribution in [2.45, 2.75) is 16.2 Å². The third-order valence-corrected chi connectivity index (χ3v) is 9.24. The Bertz CT molecular complexity index is 1920. The lowest BCUT2D eigenvalue weighted by Crippen LogP contribution is -2.25. The van der Waals surface area contributed by atoms with E-state index in [0.29, 0.717) is 0 Å². The molecule has 0 atom stereocenters. The molecule has 3 rings (SSSR count). The standard InChI is InChI=1S/C20H23FN6O12S4/c21-18-24-19(23-13-2-7-16(22)17(12-13)42(33,34)35)26-20(25-18)27(14-3-5-15(6-4-14)41(30,31)32)8-1-10-40(28,29)11-9-39-43(36,37)38/h2-7,12H,1,8-11,22H2,(H,30,31,32)(H,33,34,35)(H,36,37,38)(H,23,24,25,26). The summed E-state index contributed by atoms with van der Waals surface area (Å²) in [6.07, 6.45) is -1.53. The molecule has 0 bridgehead atoms. The molecule has 43 heavy (non-hydrogen) atoms. The molecule has 23 heteroatoms. The Labute approximate surface area is 245 Å². The number of anilines is 5. The fourth-order valence-corrected chi connectivity index (χ4v) is 6.07. The molecule has 0 radical (unpaired) electrons. The van der Waals surface area contributed by atoms with Gasteiger partial charge in [-0.25, -0.2) is 12.6 Å². The summed E-state index contributed by atoms with van der Waals surface area (Å²) in [5.41, 5.74) is 5.35. The Kier molecular flexibility index (Phi) is 10.2. The molecule has 0 aliphatic carbocycles. The first-order chi connectivity index (χ1) is 19.7. The maximum Gasteiger partial charge on any atom is 0.397 e. The number of benzene rings is 2. The molecule has 2 aromatic carbocycles. The van der Waals surface area contributed by atoms with Crippen molar-refractivity contribution in [3.63, 3.8) is 0 Å². The van der Waals surface area contributed by atoms with Gasteiger partial charge in [-0.15, -0.1) is 0 Å². The lowest BCUT2D eigenvalue weighted by Gasteiger charge is -2.23. The zero-order valence-electron chi connectivity index (χ0n) is 21.5. The van der Waals surface area contributed by atoms with Crippen LogP contribution in [0.3, 0.4) is 0 Å². The molecule has 0 unspecified atom stereocenters. The number of nitrogen functional groups attached to an aromatic ring is 1. The van der Waals surface area contributed by atoms with Crippen molar-refractivity contribution in [2.24, 2.45) is 0 Å². The Morgan fingerprint density at radius 2 is 1.51 bits per heavy atom. The summed E-state index contributed by atoms with van der Waals surface area (Å²) in [5.74, 6) is -2.21. The molecule has 0 fully saturated rings. The van der Waals surface area contributed by atoms with Gasteiger partial charge in [-0.3, -0.25) is 13.7 Å². The molecule has 0 saturated carbocycles. The van der Waals surface area contributed by atoms with Crippen molar-refractivity contribution in [1.82, 2.24) is 15.0 Å². The Balaban J connectivity index is 1.93. The predicted molar refractivity (Wildman–Crippen MR) is 148 cm³/mol. The highest BCUT2D eigenvalue weighted by Crippen LogP contribution is 2.27. The monoisotopic (exact) mass is 686 g/mol. The molecule has 3 aromatic rings. The SMILES string of the molecule is Nc1ccc(Nc2nc(F)nc(N(CCCS(=O)(=O)CCOS(=O)(=O)O)c3ccc(S(=O)(=O)O)cc3)n2)cc1S(=O)(=O)O. The van der Waals surface area contributed by atoms with E-state index in [1.54, 1.807) is 0 Å². The second kappa shape index (κ2) is 13.0. The van der Waals surface area contributed by atoms with Crippen molar-refractivity contribution in [3.05, 3.63) is 48.5 Å². The minimum absolute atomic E-state index is 0.0411. The minimum Gasteiger partial charge on any atom is -0.398 e. The number of nitrogens with two attached hydrogens (primary N) is 1. The molecule has 0 amide bonds. The fraction of sp³-hybridized carbons (Fsp3) is 0.250. The quantitative estimate of drug-likeness (QED) is 0.114. The molecule has 0 aliphatic heterocycles. The van der Waals surface area contributed by atoms with Gasteiger partial charge in [0.2, 0.25) is 11.9 Å². The smallest absolute Gasteiger partial charge is 0.397 e. The minimum atomic E-state index is -4.85. The van der Waals surface area contributed by atoms with Crippen molar-refractivity contribution in [3.8, 4) is 0 Å². The maximum atomic E-state index is 14.5. The third kappa shape index (κ3) is 10.3. The molecule has 236 valence electrons. The van der Waals surface area contributed by atoms with Crippen LogP contribution in [0.1, 0.15) is 6.42 Å². The molecular weight excluding hydrogens is 664 g/mol. The number of hydrogen-bond donors (Lipinski definition) is 5. The number of sulfone groups is 1. The van der Waals surface area contributed by atoms with Crippen molar-refractivity contribution in [1.29, 1.82) is 0 Å². The summed E-state index contributed by atoms with van der Waals surface area (Å²) in [6, 6.07) is 7.71. The zero-order valence-corrected chi connectivity index (χ0v) is 24.7. The third-order valence-electron chi connectivity index (χ3n) is 5.30. The van der Waals surface area contributed by atoms with Crippen LogP contribution in [0.15, 0.2) is 52.3 Å². The molecule has 1 heterocycles. The van der Waals surface area contributed by atoms with Crippen LogP contribution in [-0.4, -0.2) is 86.9 Å². The van der Waals surface area contributed by atoms with E-state index in [1.807, 2.05) is 0 Å². The van der Waals surface area contributed by atoms with Crippen LogP contribution in [0.4, 0.5) is 33.3 Å². The van der Waals surface area contributed by atoms with Crippen LogP contribution >= 0.6 is 0 Å². The second-order valence-corrected chi connectivity index (χ2v) is 14.7. The Morgan fingerprint density at radius 3 is 2.09 bits per heavy atom. The Hall–Kier alpha value is -3.58. The first kappa shape index (κ1) is 33.9. The van der Waals surface area contributed by atoms with Crippen LogP contribution in [0.5, 0.6) is 0 Å². The van der Waals surface area contributed by atoms with Gasteiger partial charge in [0.25, 0.3) is 20.2 Å². The lowest BCUT2D eigenvalue weighted by molar-refractivity contribution is 0.284. The average Bonchev–Trinajstić information content (AvgIpc) is 2.85. The van der Waals surface area contributed by atoms with Gasteiger partial charge in [-0.1, -0.05) is 0 Å². The van der Waals surface area contributed by atoms with E-state index < -0.39 is 86.4 Å². The van der Waals surface area contributed by atoms with Crippen LogP contribution in [-0.2, 0) is 44.7 Å². The van der Waals surface area contributed by atoms with Crippen LogP contribution in [0, 0.1) is 6.08 Å². The van der Waals surface area contributed by atoms with Gasteiger partial charge in [0.15, 0.2) is 9.84 Å². The summed E-state index contributed by atoms with van der Waals surface area (Å²) in [5, 5.41) is 2.52. The lowest BCUT2D eigenvalue weighted by atomic mass is 10.3. The molecule has 0 saturated heterocycles. The molecule has 6 N–H and O–H groups in total. The van der Waals surface area contributed by atoms with E-state index >= 15 is 0 Å². The van der Waals surface area contributed by atoms with Crippen molar-refractivity contribution in [2.75, 3.05) is 40.6 Å². The normalized spacial score (nSPS) is 12.7. The zero-order chi connectivity index (χ0) is 32.2. The van der Waals surface area contributed by atoms with E-state index in [2.05, 4.69) is 24.5 Å². The van der Waals surface area contributed by atoms with Gasteiger partial charge < -0.3 is 16.0 Å². The fourth-order valence-electron chi connectivity index (χ4n) is 3.43. The summed E-state index contributed by atoms with van der Waals surface area (Å²) in [6.45, 7) is -1.10. The number of halogens is 1. The topological polar surface area (TPSA) is 286 Å². The van der Waals surface area contributed by atoms with Gasteiger partial charge >= 0.3 is 16.5 Å². The molecular formula is C20H23FN6O12S4. The number of aromatic nitrogens is 3. The van der Waals surface area contributed by atoms with E-state index in [0.717, 1.165) is 24.3 Å². The highest BCUT2D eigenvalue weighted by Gasteiger charge is 2.21. The second-order valence-electron chi connectivity index (χ2n) is 8.46. The van der Waals surface area contributed by atoms with Crippen molar-refractivity contribution < 1.29 is 55.9 Å². The summed E-state index contributed by atoms with van der Waals surface area (Å²) in [7, 11) is -18.1. The maximum absolute atomic E-state index is 14.5. The van der Waals surface area contributed by atoms with Gasteiger partial charge in [-0.2, -0.15) is 44.6 Å². The van der Waals surface area contributed by atoms with E-state index in [1.165, 1.54) is 23.1 Å². The van der Waals surface area contributed by atoms with Crippen LogP contribution in [0.2, 0.25) is 0 Å². The van der Waals surface area contributed by atoms with E-state index in [-0.39, 0.29) is 30.0 Å². The average molecular weight is 687 g/mol.